The van der Waals surface area contributed by atoms with Crippen molar-refractivity contribution in [3.05, 3.63) is 17.5 Å². The Balaban J connectivity index is 2.31. The van der Waals surface area contributed by atoms with Crippen molar-refractivity contribution in [1.82, 2.24) is 9.97 Å². The smallest absolute Gasteiger partial charge is 0.311 e. The number of nitrogens with zero attached hydrogens (tertiary/aromatic N) is 3. The van der Waals surface area contributed by atoms with E-state index in [1.165, 1.54) is 0 Å². The maximum atomic E-state index is 11.7. The zero-order chi connectivity index (χ0) is 15.6. The Bertz CT molecular complexity index is 530. The molecule has 0 saturated carbocycles. The molecule has 116 valence electrons. The summed E-state index contributed by atoms with van der Waals surface area (Å²) in [5.41, 5.74) is 1.29. The molecule has 1 fully saturated rings. The third kappa shape index (κ3) is 3.17. The second-order valence-corrected chi connectivity index (χ2v) is 6.35. The van der Waals surface area contributed by atoms with Gasteiger partial charge in [0.2, 0.25) is 5.95 Å². The molecule has 5 heteroatoms. The minimum atomic E-state index is -0.702. The van der Waals surface area contributed by atoms with Gasteiger partial charge in [0.25, 0.3) is 0 Å². The molecule has 0 radical (unpaired) electrons. The Hall–Kier alpha value is -1.65. The van der Waals surface area contributed by atoms with Crippen LogP contribution in [0.2, 0.25) is 0 Å². The van der Waals surface area contributed by atoms with Gasteiger partial charge in [0.1, 0.15) is 0 Å². The Kier molecular flexibility index (Phi) is 4.49. The number of aliphatic carboxylic acids is 1. The van der Waals surface area contributed by atoms with E-state index in [0.29, 0.717) is 24.8 Å². The summed E-state index contributed by atoms with van der Waals surface area (Å²) in [5.74, 6) is 0.314. The molecule has 0 aromatic carbocycles. The minimum absolute atomic E-state index is 0.339. The fourth-order valence-corrected chi connectivity index (χ4v) is 2.93. The molecule has 1 aliphatic rings. The largest absolute Gasteiger partial charge is 0.481 e. The lowest BCUT2D eigenvalue weighted by molar-refractivity contribution is -0.149. The molecular formula is C16H25N3O2. The Morgan fingerprint density at radius 2 is 2.19 bits per heavy atom. The number of carboxylic acid groups (broad SMARTS) is 1. The van der Waals surface area contributed by atoms with Crippen molar-refractivity contribution in [2.75, 3.05) is 18.0 Å². The number of aromatic nitrogens is 2. The highest BCUT2D eigenvalue weighted by Crippen LogP contribution is 2.35. The molecule has 1 saturated heterocycles. The highest BCUT2D eigenvalue weighted by molar-refractivity contribution is 5.75. The Morgan fingerprint density at radius 3 is 2.76 bits per heavy atom. The van der Waals surface area contributed by atoms with Crippen LogP contribution in [-0.4, -0.2) is 34.1 Å². The van der Waals surface area contributed by atoms with Gasteiger partial charge in [0, 0.05) is 24.5 Å². The first kappa shape index (κ1) is 15.7. The average Bonchev–Trinajstić information content (AvgIpc) is 2.46. The van der Waals surface area contributed by atoms with Crippen LogP contribution in [0.15, 0.2) is 6.07 Å². The van der Waals surface area contributed by atoms with Gasteiger partial charge in [-0.05, 0) is 38.2 Å². The first-order valence-corrected chi connectivity index (χ1v) is 7.72. The van der Waals surface area contributed by atoms with Crippen LogP contribution in [0.3, 0.4) is 0 Å². The van der Waals surface area contributed by atoms with Crippen LogP contribution in [0.1, 0.15) is 57.3 Å². The van der Waals surface area contributed by atoms with Crippen molar-refractivity contribution in [1.29, 1.82) is 0 Å². The van der Waals surface area contributed by atoms with Gasteiger partial charge in [0.05, 0.1) is 5.41 Å². The lowest BCUT2D eigenvalue weighted by atomic mass is 9.78. The Labute approximate surface area is 126 Å². The van der Waals surface area contributed by atoms with E-state index in [-0.39, 0.29) is 0 Å². The van der Waals surface area contributed by atoms with Gasteiger partial charge in [-0.2, -0.15) is 0 Å². The number of hydrogen-bond acceptors (Lipinski definition) is 4. The second kappa shape index (κ2) is 6.00. The third-order valence-corrected chi connectivity index (χ3v) is 4.44. The quantitative estimate of drug-likeness (QED) is 0.923. The molecule has 1 N–H and O–H groups in total. The van der Waals surface area contributed by atoms with Gasteiger partial charge in [0.15, 0.2) is 0 Å². The first-order valence-electron chi connectivity index (χ1n) is 7.72. The van der Waals surface area contributed by atoms with Gasteiger partial charge in [-0.3, -0.25) is 4.79 Å². The predicted octanol–water partition coefficient (Wildman–Crippen LogP) is 2.99. The van der Waals surface area contributed by atoms with Crippen LogP contribution < -0.4 is 4.90 Å². The molecule has 21 heavy (non-hydrogen) atoms. The summed E-state index contributed by atoms with van der Waals surface area (Å²) in [7, 11) is 0. The lowest BCUT2D eigenvalue weighted by Gasteiger charge is -2.39. The molecule has 1 aromatic heterocycles. The van der Waals surface area contributed by atoms with E-state index in [9.17, 15) is 9.90 Å². The molecule has 2 heterocycles. The van der Waals surface area contributed by atoms with Crippen molar-refractivity contribution >= 4 is 11.9 Å². The zero-order valence-corrected chi connectivity index (χ0v) is 13.4. The van der Waals surface area contributed by atoms with Crippen molar-refractivity contribution in [2.45, 2.75) is 52.9 Å². The van der Waals surface area contributed by atoms with E-state index in [2.05, 4.69) is 23.8 Å². The van der Waals surface area contributed by atoms with E-state index in [1.807, 2.05) is 24.8 Å². The van der Waals surface area contributed by atoms with Crippen molar-refractivity contribution in [2.24, 2.45) is 5.41 Å². The molecule has 2 rings (SSSR count). The molecule has 0 amide bonds. The van der Waals surface area contributed by atoms with E-state index < -0.39 is 11.4 Å². The molecule has 1 aliphatic heterocycles. The summed E-state index contributed by atoms with van der Waals surface area (Å²) in [5, 5.41) is 9.58. The summed E-state index contributed by atoms with van der Waals surface area (Å²) in [6, 6.07) is 2.00. The summed E-state index contributed by atoms with van der Waals surface area (Å²) in [6.07, 6.45) is 2.24. The minimum Gasteiger partial charge on any atom is -0.481 e. The lowest BCUT2D eigenvalue weighted by Crippen LogP contribution is -2.48. The highest BCUT2D eigenvalue weighted by Gasteiger charge is 2.41. The van der Waals surface area contributed by atoms with Gasteiger partial charge in [-0.25, -0.2) is 9.97 Å². The summed E-state index contributed by atoms with van der Waals surface area (Å²) >= 11 is 0. The van der Waals surface area contributed by atoms with Crippen LogP contribution >= 0.6 is 0 Å². The number of carbonyl (C=O) groups is 1. The maximum Gasteiger partial charge on any atom is 0.311 e. The van der Waals surface area contributed by atoms with Crippen LogP contribution in [0.5, 0.6) is 0 Å². The number of hydrogen-bond donors (Lipinski definition) is 1. The third-order valence-electron chi connectivity index (χ3n) is 4.44. The van der Waals surface area contributed by atoms with E-state index in [1.54, 1.807) is 0 Å². The first-order chi connectivity index (χ1) is 9.88. The number of aryl methyl sites for hydroxylation is 1. The van der Waals surface area contributed by atoms with Crippen molar-refractivity contribution in [3.8, 4) is 0 Å². The van der Waals surface area contributed by atoms with Crippen LogP contribution in [0, 0.1) is 12.3 Å². The van der Waals surface area contributed by atoms with Gasteiger partial charge < -0.3 is 10.0 Å². The SMILES string of the molecule is CCC1(C(=O)O)CCCN(c2nc(C)cc(C(C)C)n2)C1. The molecule has 1 atom stereocenters. The van der Waals surface area contributed by atoms with Crippen LogP contribution in [0.4, 0.5) is 5.95 Å². The van der Waals surface area contributed by atoms with E-state index >= 15 is 0 Å². The van der Waals surface area contributed by atoms with E-state index in [0.717, 1.165) is 30.8 Å². The van der Waals surface area contributed by atoms with E-state index in [4.69, 9.17) is 0 Å². The predicted molar refractivity (Wildman–Crippen MR) is 82.7 cm³/mol. The van der Waals surface area contributed by atoms with Gasteiger partial charge in [-0.1, -0.05) is 20.8 Å². The Morgan fingerprint density at radius 1 is 1.48 bits per heavy atom. The van der Waals surface area contributed by atoms with Gasteiger partial charge in [-0.15, -0.1) is 0 Å². The maximum absolute atomic E-state index is 11.7. The molecule has 1 unspecified atom stereocenters. The monoisotopic (exact) mass is 291 g/mol. The second-order valence-electron chi connectivity index (χ2n) is 6.35. The fourth-order valence-electron chi connectivity index (χ4n) is 2.93. The fraction of sp³-hybridized carbons (Fsp3) is 0.688. The standard InChI is InChI=1S/C16H25N3O2/c1-5-16(14(20)21)7-6-8-19(10-16)15-17-12(4)9-13(18-15)11(2)3/h9,11H,5-8,10H2,1-4H3,(H,20,21). The van der Waals surface area contributed by atoms with Crippen LogP contribution in [-0.2, 0) is 4.79 Å². The van der Waals surface area contributed by atoms with Crippen molar-refractivity contribution in [3.63, 3.8) is 0 Å². The number of anilines is 1. The van der Waals surface area contributed by atoms with Gasteiger partial charge >= 0.3 is 5.97 Å². The highest BCUT2D eigenvalue weighted by atomic mass is 16.4. The van der Waals surface area contributed by atoms with Crippen LogP contribution in [0.25, 0.3) is 0 Å². The number of rotatable bonds is 4. The summed E-state index contributed by atoms with van der Waals surface area (Å²) < 4.78 is 0. The number of carboxylic acids is 1. The zero-order valence-electron chi connectivity index (χ0n) is 13.4. The van der Waals surface area contributed by atoms with Crippen molar-refractivity contribution < 1.29 is 9.90 Å². The molecule has 1 aromatic rings. The normalized spacial score (nSPS) is 22.6. The average molecular weight is 291 g/mol. The number of piperidine rings is 1. The molecule has 0 aliphatic carbocycles. The summed E-state index contributed by atoms with van der Waals surface area (Å²) in [6.45, 7) is 9.46. The topological polar surface area (TPSA) is 66.3 Å². The summed E-state index contributed by atoms with van der Waals surface area (Å²) in [4.78, 5) is 22.9. The molecule has 0 spiro atoms. The molecule has 5 nitrogen and oxygen atoms in total. The molecular weight excluding hydrogens is 266 g/mol. The molecule has 0 bridgehead atoms.